The van der Waals surface area contributed by atoms with E-state index in [0.29, 0.717) is 11.0 Å². The lowest BCUT2D eigenvalue weighted by molar-refractivity contribution is 0.554. The zero-order valence-electron chi connectivity index (χ0n) is 10.0. The summed E-state index contributed by atoms with van der Waals surface area (Å²) >= 11 is 8.78. The Kier molecular flexibility index (Phi) is 8.42. The van der Waals surface area contributed by atoms with Crippen LogP contribution in [0, 0.1) is 5.82 Å². The molecule has 4 nitrogen and oxygen atoms in total. The molecule has 9 heteroatoms. The normalized spacial score (nSPS) is 11.2. The molecule has 0 bridgehead atoms. The molecule has 0 saturated heterocycles. The molecule has 0 heterocycles. The molecular weight excluding hydrogens is 382 g/mol. The van der Waals surface area contributed by atoms with Crippen molar-refractivity contribution in [3.63, 3.8) is 0 Å². The zero-order chi connectivity index (χ0) is 13.8. The minimum absolute atomic E-state index is 0. The van der Waals surface area contributed by atoms with E-state index in [9.17, 15) is 12.8 Å². The number of likely N-dealkylation sites (N-methyl/N-ethyl adjacent to an activating group) is 1. The average Bonchev–Trinajstić information content (AvgIpc) is 2.29. The van der Waals surface area contributed by atoms with Gasteiger partial charge >= 0.3 is 0 Å². The van der Waals surface area contributed by atoms with Crippen LogP contribution in [-0.4, -0.2) is 28.1 Å². The summed E-state index contributed by atoms with van der Waals surface area (Å²) in [5.41, 5.74) is 0. The Morgan fingerprint density at radius 2 is 2.00 bits per heavy atom. The number of nitrogens with one attached hydrogen (secondary N) is 2. The van der Waals surface area contributed by atoms with Crippen LogP contribution in [0.15, 0.2) is 21.5 Å². The molecule has 1 rings (SSSR count). The quantitative estimate of drug-likeness (QED) is 0.574. The third kappa shape index (κ3) is 5.53. The van der Waals surface area contributed by atoms with Crippen LogP contribution < -0.4 is 10.0 Å². The molecule has 110 valence electrons. The third-order valence-electron chi connectivity index (χ3n) is 2.11. The maximum atomic E-state index is 13.6. The number of rotatable bonds is 6. The summed E-state index contributed by atoms with van der Waals surface area (Å²) in [5.74, 6) is -0.845. The van der Waals surface area contributed by atoms with Gasteiger partial charge in [-0.05, 0) is 34.6 Å². The fourth-order valence-electron chi connectivity index (χ4n) is 1.24. The monoisotopic (exact) mass is 394 g/mol. The molecule has 0 amide bonds. The van der Waals surface area contributed by atoms with Gasteiger partial charge in [-0.3, -0.25) is 0 Å². The predicted octanol–water partition coefficient (Wildman–Crippen LogP) is 2.55. The standard InChI is InChI=1S/C10H13BrClFN2O2S.ClH/c1-2-14-3-4-15-18(16,17)10-6-8(12)7(11)5-9(10)13;/h5-6,14-15H,2-4H2,1H3;1H. The molecule has 0 aliphatic rings. The summed E-state index contributed by atoms with van der Waals surface area (Å²) in [7, 11) is -3.88. The highest BCUT2D eigenvalue weighted by Gasteiger charge is 2.20. The van der Waals surface area contributed by atoms with Gasteiger partial charge in [-0.1, -0.05) is 18.5 Å². The molecule has 0 saturated carbocycles. The third-order valence-corrected chi connectivity index (χ3v) is 4.78. The molecule has 0 spiro atoms. The number of hydrogen-bond donors (Lipinski definition) is 2. The molecule has 0 aliphatic carbocycles. The van der Waals surface area contributed by atoms with E-state index in [1.54, 1.807) is 0 Å². The van der Waals surface area contributed by atoms with Crippen LogP contribution in [0.4, 0.5) is 4.39 Å². The van der Waals surface area contributed by atoms with Crippen LogP contribution in [0.3, 0.4) is 0 Å². The largest absolute Gasteiger partial charge is 0.316 e. The second kappa shape index (κ2) is 8.39. The summed E-state index contributed by atoms with van der Waals surface area (Å²) in [6, 6.07) is 2.11. The highest BCUT2D eigenvalue weighted by atomic mass is 79.9. The molecule has 0 unspecified atom stereocenters. The Bertz CT molecular complexity index is 529. The van der Waals surface area contributed by atoms with Crippen LogP contribution in [0.2, 0.25) is 5.02 Å². The smallest absolute Gasteiger partial charge is 0.243 e. The Hall–Kier alpha value is 0.0800. The predicted molar refractivity (Wildman–Crippen MR) is 80.1 cm³/mol. The van der Waals surface area contributed by atoms with Crippen molar-refractivity contribution in [2.24, 2.45) is 0 Å². The lowest BCUT2D eigenvalue weighted by Crippen LogP contribution is -2.32. The summed E-state index contributed by atoms with van der Waals surface area (Å²) in [5, 5.41) is 3.10. The summed E-state index contributed by atoms with van der Waals surface area (Å²) < 4.78 is 39.8. The molecule has 0 fully saturated rings. The Morgan fingerprint density at radius 3 is 2.58 bits per heavy atom. The van der Waals surface area contributed by atoms with E-state index in [1.165, 1.54) is 0 Å². The molecule has 19 heavy (non-hydrogen) atoms. The number of hydrogen-bond acceptors (Lipinski definition) is 3. The van der Waals surface area contributed by atoms with Gasteiger partial charge in [-0.25, -0.2) is 17.5 Å². The molecule has 0 aromatic heterocycles. The summed E-state index contributed by atoms with van der Waals surface area (Å²) in [6.07, 6.45) is 0. The molecular formula is C10H14BrCl2FN2O2S. The SMILES string of the molecule is CCNCCNS(=O)(=O)c1cc(Cl)c(Br)cc1F.Cl. The average molecular weight is 396 g/mol. The van der Waals surface area contributed by atoms with Crippen molar-refractivity contribution in [3.05, 3.63) is 27.4 Å². The fourth-order valence-corrected chi connectivity index (χ4v) is 2.90. The van der Waals surface area contributed by atoms with Crippen molar-refractivity contribution < 1.29 is 12.8 Å². The Morgan fingerprint density at radius 1 is 1.37 bits per heavy atom. The van der Waals surface area contributed by atoms with E-state index >= 15 is 0 Å². The number of benzene rings is 1. The van der Waals surface area contributed by atoms with Crippen LogP contribution in [0.25, 0.3) is 0 Å². The maximum Gasteiger partial charge on any atom is 0.243 e. The second-order valence-corrected chi connectivity index (χ2v) is 6.44. The fraction of sp³-hybridized carbons (Fsp3) is 0.400. The highest BCUT2D eigenvalue weighted by Crippen LogP contribution is 2.27. The van der Waals surface area contributed by atoms with Crippen molar-refractivity contribution in [2.45, 2.75) is 11.8 Å². The van der Waals surface area contributed by atoms with Crippen LogP contribution >= 0.6 is 39.9 Å². The lowest BCUT2D eigenvalue weighted by Gasteiger charge is -2.09. The molecule has 1 aromatic rings. The first kappa shape index (κ1) is 19.1. The molecule has 1 aromatic carbocycles. The van der Waals surface area contributed by atoms with Gasteiger partial charge in [0, 0.05) is 17.6 Å². The minimum Gasteiger partial charge on any atom is -0.316 e. The van der Waals surface area contributed by atoms with Gasteiger partial charge in [-0.2, -0.15) is 0 Å². The lowest BCUT2D eigenvalue weighted by atomic mass is 10.3. The maximum absolute atomic E-state index is 13.6. The first-order valence-electron chi connectivity index (χ1n) is 5.23. The van der Waals surface area contributed by atoms with Gasteiger partial charge in [0.1, 0.15) is 10.7 Å². The molecule has 0 atom stereocenters. The topological polar surface area (TPSA) is 58.2 Å². The van der Waals surface area contributed by atoms with Crippen molar-refractivity contribution in [3.8, 4) is 0 Å². The summed E-state index contributed by atoms with van der Waals surface area (Å²) in [6.45, 7) is 3.30. The number of halogens is 4. The summed E-state index contributed by atoms with van der Waals surface area (Å²) in [4.78, 5) is -0.452. The van der Waals surface area contributed by atoms with Gasteiger partial charge in [0.15, 0.2) is 0 Å². The van der Waals surface area contributed by atoms with Gasteiger partial charge in [0.2, 0.25) is 10.0 Å². The molecule has 2 N–H and O–H groups in total. The van der Waals surface area contributed by atoms with E-state index < -0.39 is 20.7 Å². The van der Waals surface area contributed by atoms with E-state index in [0.717, 1.165) is 18.7 Å². The second-order valence-electron chi connectivity index (χ2n) is 3.45. The van der Waals surface area contributed by atoms with Crippen LogP contribution in [0.1, 0.15) is 6.92 Å². The van der Waals surface area contributed by atoms with E-state index in [4.69, 9.17) is 11.6 Å². The van der Waals surface area contributed by atoms with Gasteiger partial charge in [0.25, 0.3) is 0 Å². The van der Waals surface area contributed by atoms with Crippen molar-refractivity contribution >= 4 is 50.0 Å². The highest BCUT2D eigenvalue weighted by molar-refractivity contribution is 9.10. The molecule has 0 radical (unpaired) electrons. The zero-order valence-corrected chi connectivity index (χ0v) is 14.0. The first-order valence-corrected chi connectivity index (χ1v) is 7.89. The minimum atomic E-state index is -3.88. The van der Waals surface area contributed by atoms with E-state index in [2.05, 4.69) is 26.0 Å². The van der Waals surface area contributed by atoms with Gasteiger partial charge < -0.3 is 5.32 Å². The van der Waals surface area contributed by atoms with Crippen molar-refractivity contribution in [1.29, 1.82) is 0 Å². The van der Waals surface area contributed by atoms with Crippen LogP contribution in [-0.2, 0) is 10.0 Å². The Labute approximate surface area is 131 Å². The van der Waals surface area contributed by atoms with Crippen molar-refractivity contribution in [2.75, 3.05) is 19.6 Å². The van der Waals surface area contributed by atoms with Crippen LogP contribution in [0.5, 0.6) is 0 Å². The van der Waals surface area contributed by atoms with Gasteiger partial charge in [-0.15, -0.1) is 12.4 Å². The van der Waals surface area contributed by atoms with Gasteiger partial charge in [0.05, 0.1) is 5.02 Å². The number of sulfonamides is 1. The molecule has 0 aliphatic heterocycles. The van der Waals surface area contributed by atoms with E-state index in [-0.39, 0.29) is 24.0 Å². The first-order chi connectivity index (χ1) is 8.38. The van der Waals surface area contributed by atoms with Crippen molar-refractivity contribution in [1.82, 2.24) is 10.0 Å². The van der Waals surface area contributed by atoms with E-state index in [1.807, 2.05) is 6.92 Å². The Balaban J connectivity index is 0.00000324.